The third-order valence-electron chi connectivity index (χ3n) is 2.72. The van der Waals surface area contributed by atoms with Gasteiger partial charge in [-0.05, 0) is 19.8 Å². The van der Waals surface area contributed by atoms with Crippen LogP contribution in [-0.2, 0) is 6.42 Å². The Balaban J connectivity index is 2.66. The predicted octanol–water partition coefficient (Wildman–Crippen LogP) is 3.07. The van der Waals surface area contributed by atoms with Crippen LogP contribution in [0.15, 0.2) is 6.33 Å². The Morgan fingerprint density at radius 3 is 2.29 bits per heavy atom. The number of hydrogen-bond acceptors (Lipinski definition) is 4. The molecule has 0 unspecified atom stereocenters. The highest BCUT2D eigenvalue weighted by Gasteiger charge is 2.08. The maximum atomic E-state index is 4.33. The van der Waals surface area contributed by atoms with Crippen LogP contribution in [-0.4, -0.2) is 23.1 Å². The van der Waals surface area contributed by atoms with Gasteiger partial charge in [-0.15, -0.1) is 0 Å². The second kappa shape index (κ2) is 7.87. The molecule has 2 N–H and O–H groups in total. The molecule has 0 saturated carbocycles. The van der Waals surface area contributed by atoms with Crippen molar-refractivity contribution < 1.29 is 0 Å². The SMILES string of the molecule is CCCCCNc1ncnc(NCC)c1CC. The molecule has 1 aromatic rings. The fourth-order valence-electron chi connectivity index (χ4n) is 1.80. The Hall–Kier alpha value is -1.32. The van der Waals surface area contributed by atoms with E-state index in [1.807, 2.05) is 0 Å². The zero-order valence-corrected chi connectivity index (χ0v) is 11.2. The molecule has 0 fully saturated rings. The van der Waals surface area contributed by atoms with Crippen molar-refractivity contribution in [3.05, 3.63) is 11.9 Å². The lowest BCUT2D eigenvalue weighted by Gasteiger charge is -2.13. The Labute approximate surface area is 104 Å². The van der Waals surface area contributed by atoms with Crippen LogP contribution in [0.3, 0.4) is 0 Å². The van der Waals surface area contributed by atoms with Gasteiger partial charge in [0.15, 0.2) is 0 Å². The summed E-state index contributed by atoms with van der Waals surface area (Å²) in [5.41, 5.74) is 1.19. The standard InChI is InChI=1S/C13H24N4/c1-4-7-8-9-15-13-11(5-2)12(14-6-3)16-10-17-13/h10H,4-9H2,1-3H3,(H2,14,15,16,17). The molecule has 0 radical (unpaired) electrons. The summed E-state index contributed by atoms with van der Waals surface area (Å²) in [6, 6.07) is 0. The zero-order chi connectivity index (χ0) is 12.5. The van der Waals surface area contributed by atoms with Crippen molar-refractivity contribution >= 4 is 11.6 Å². The molecule has 1 aromatic heterocycles. The molecule has 1 heterocycles. The van der Waals surface area contributed by atoms with Crippen LogP contribution in [0.1, 0.15) is 45.6 Å². The summed E-state index contributed by atoms with van der Waals surface area (Å²) in [5, 5.41) is 6.68. The van der Waals surface area contributed by atoms with E-state index in [4.69, 9.17) is 0 Å². The monoisotopic (exact) mass is 236 g/mol. The topological polar surface area (TPSA) is 49.8 Å². The van der Waals surface area contributed by atoms with Crippen LogP contribution in [0.2, 0.25) is 0 Å². The molecule has 96 valence electrons. The molecule has 0 aromatic carbocycles. The molecule has 17 heavy (non-hydrogen) atoms. The molecular weight excluding hydrogens is 212 g/mol. The minimum atomic E-state index is 0.888. The summed E-state index contributed by atoms with van der Waals surface area (Å²) in [7, 11) is 0. The Kier molecular flexibility index (Phi) is 6.37. The third-order valence-corrected chi connectivity index (χ3v) is 2.72. The first kappa shape index (κ1) is 13.7. The van der Waals surface area contributed by atoms with E-state index in [0.717, 1.165) is 31.1 Å². The smallest absolute Gasteiger partial charge is 0.134 e. The largest absolute Gasteiger partial charge is 0.370 e. The van der Waals surface area contributed by atoms with Crippen molar-refractivity contribution in [2.75, 3.05) is 23.7 Å². The molecule has 0 saturated heterocycles. The van der Waals surface area contributed by atoms with Crippen molar-refractivity contribution in [3.63, 3.8) is 0 Å². The van der Waals surface area contributed by atoms with Gasteiger partial charge in [-0.25, -0.2) is 9.97 Å². The zero-order valence-electron chi connectivity index (χ0n) is 11.2. The maximum Gasteiger partial charge on any atom is 0.134 e. The van der Waals surface area contributed by atoms with Gasteiger partial charge in [0.1, 0.15) is 18.0 Å². The van der Waals surface area contributed by atoms with Crippen LogP contribution in [0.5, 0.6) is 0 Å². The van der Waals surface area contributed by atoms with Crippen molar-refractivity contribution in [2.45, 2.75) is 46.5 Å². The summed E-state index contributed by atoms with van der Waals surface area (Å²) in [5.74, 6) is 1.94. The normalized spacial score (nSPS) is 10.3. The van der Waals surface area contributed by atoms with Crippen molar-refractivity contribution in [3.8, 4) is 0 Å². The molecule has 0 atom stereocenters. The van der Waals surface area contributed by atoms with Crippen LogP contribution in [0.25, 0.3) is 0 Å². The van der Waals surface area contributed by atoms with E-state index in [9.17, 15) is 0 Å². The molecule has 0 aliphatic carbocycles. The average Bonchev–Trinajstić information content (AvgIpc) is 2.35. The van der Waals surface area contributed by atoms with E-state index in [1.54, 1.807) is 6.33 Å². The summed E-state index contributed by atoms with van der Waals surface area (Å²) >= 11 is 0. The van der Waals surface area contributed by atoms with Crippen LogP contribution >= 0.6 is 0 Å². The second-order valence-corrected chi connectivity index (χ2v) is 4.07. The molecule has 0 spiro atoms. The average molecular weight is 236 g/mol. The number of unbranched alkanes of at least 4 members (excludes halogenated alkanes) is 2. The molecule has 1 rings (SSSR count). The minimum Gasteiger partial charge on any atom is -0.370 e. The van der Waals surface area contributed by atoms with Gasteiger partial charge in [0.2, 0.25) is 0 Å². The fraction of sp³-hybridized carbons (Fsp3) is 0.692. The molecule has 0 aliphatic heterocycles. The van der Waals surface area contributed by atoms with E-state index < -0.39 is 0 Å². The lowest BCUT2D eigenvalue weighted by Crippen LogP contribution is -2.10. The van der Waals surface area contributed by atoms with E-state index in [1.165, 1.54) is 24.8 Å². The molecule has 0 amide bonds. The van der Waals surface area contributed by atoms with E-state index in [2.05, 4.69) is 41.4 Å². The number of nitrogens with zero attached hydrogens (tertiary/aromatic N) is 2. The number of rotatable bonds is 8. The van der Waals surface area contributed by atoms with Crippen LogP contribution in [0.4, 0.5) is 11.6 Å². The lowest BCUT2D eigenvalue weighted by atomic mass is 10.2. The molecular formula is C13H24N4. The van der Waals surface area contributed by atoms with Gasteiger partial charge >= 0.3 is 0 Å². The summed E-state index contributed by atoms with van der Waals surface area (Å²) in [6.07, 6.45) is 6.27. The van der Waals surface area contributed by atoms with Crippen molar-refractivity contribution in [2.24, 2.45) is 0 Å². The van der Waals surface area contributed by atoms with Crippen LogP contribution < -0.4 is 10.6 Å². The van der Waals surface area contributed by atoms with Gasteiger partial charge < -0.3 is 10.6 Å². The van der Waals surface area contributed by atoms with Gasteiger partial charge in [0, 0.05) is 18.7 Å². The predicted molar refractivity (Wildman–Crippen MR) is 73.6 cm³/mol. The first-order chi connectivity index (χ1) is 8.33. The molecule has 0 bridgehead atoms. The van der Waals surface area contributed by atoms with Gasteiger partial charge in [-0.3, -0.25) is 0 Å². The number of nitrogens with one attached hydrogen (secondary N) is 2. The first-order valence-corrected chi connectivity index (χ1v) is 6.65. The molecule has 4 nitrogen and oxygen atoms in total. The third kappa shape index (κ3) is 4.21. The highest BCUT2D eigenvalue weighted by Crippen LogP contribution is 2.20. The fourth-order valence-corrected chi connectivity index (χ4v) is 1.80. The van der Waals surface area contributed by atoms with Crippen LogP contribution in [0, 0.1) is 0 Å². The van der Waals surface area contributed by atoms with Crippen molar-refractivity contribution in [1.29, 1.82) is 0 Å². The quantitative estimate of drug-likeness (QED) is 0.681. The Morgan fingerprint density at radius 2 is 1.71 bits per heavy atom. The minimum absolute atomic E-state index is 0.888. The second-order valence-electron chi connectivity index (χ2n) is 4.07. The van der Waals surface area contributed by atoms with E-state index >= 15 is 0 Å². The number of hydrogen-bond donors (Lipinski definition) is 2. The van der Waals surface area contributed by atoms with Crippen molar-refractivity contribution in [1.82, 2.24) is 9.97 Å². The molecule has 0 aliphatic rings. The van der Waals surface area contributed by atoms with Gasteiger partial charge in [0.05, 0.1) is 0 Å². The van der Waals surface area contributed by atoms with Gasteiger partial charge in [0.25, 0.3) is 0 Å². The van der Waals surface area contributed by atoms with E-state index in [0.29, 0.717) is 0 Å². The number of anilines is 2. The Bertz CT molecular complexity index is 325. The lowest BCUT2D eigenvalue weighted by molar-refractivity contribution is 0.741. The van der Waals surface area contributed by atoms with Gasteiger partial charge in [-0.1, -0.05) is 26.7 Å². The maximum absolute atomic E-state index is 4.33. The van der Waals surface area contributed by atoms with Gasteiger partial charge in [-0.2, -0.15) is 0 Å². The Morgan fingerprint density at radius 1 is 1.00 bits per heavy atom. The highest BCUT2D eigenvalue weighted by molar-refractivity contribution is 5.57. The molecule has 4 heteroatoms. The summed E-state index contributed by atoms with van der Waals surface area (Å²) in [6.45, 7) is 8.31. The summed E-state index contributed by atoms with van der Waals surface area (Å²) in [4.78, 5) is 8.61. The number of aromatic nitrogens is 2. The summed E-state index contributed by atoms with van der Waals surface area (Å²) < 4.78 is 0. The van der Waals surface area contributed by atoms with E-state index in [-0.39, 0.29) is 0 Å². The highest BCUT2D eigenvalue weighted by atomic mass is 15.1. The first-order valence-electron chi connectivity index (χ1n) is 6.65.